The topological polar surface area (TPSA) is 221 Å². The number of nitrogens with one attached hydrogen (secondary N) is 2. The number of hydrogen-bond acceptors (Lipinski definition) is 11. The van der Waals surface area contributed by atoms with Crippen LogP contribution < -0.4 is 21.3 Å². The Labute approximate surface area is 285 Å². The van der Waals surface area contributed by atoms with Crippen molar-refractivity contribution in [3.8, 4) is 16.8 Å². The number of fused-ring (bicyclic) bond motifs is 1. The Morgan fingerprint density at radius 3 is 2.33 bits per heavy atom. The van der Waals surface area contributed by atoms with Gasteiger partial charge in [0.25, 0.3) is 21.5 Å². The molecule has 6 aromatic rings. The van der Waals surface area contributed by atoms with Crippen LogP contribution in [-0.2, 0) is 28.3 Å². The van der Waals surface area contributed by atoms with Crippen LogP contribution in [0.3, 0.4) is 0 Å². The highest BCUT2D eigenvalue weighted by atomic mass is 32.2. The number of aryl methyl sites for hydroxylation is 1. The van der Waals surface area contributed by atoms with E-state index in [4.69, 9.17) is 0 Å². The van der Waals surface area contributed by atoms with Crippen molar-refractivity contribution < 1.29 is 31.9 Å². The molecule has 0 fully saturated rings. The maximum absolute atomic E-state index is 15.1. The van der Waals surface area contributed by atoms with Crippen molar-refractivity contribution in [2.75, 3.05) is 4.72 Å². The van der Waals surface area contributed by atoms with Crippen LogP contribution >= 0.6 is 0 Å². The summed E-state index contributed by atoms with van der Waals surface area (Å²) in [4.78, 5) is 70.5. The molecule has 5 heterocycles. The number of amides is 1. The van der Waals surface area contributed by atoms with E-state index in [1.165, 1.54) is 79.4 Å². The molecule has 0 unspecified atom stereocenters. The lowest BCUT2D eigenvalue weighted by Crippen LogP contribution is -2.42. The molecule has 0 aliphatic carbocycles. The van der Waals surface area contributed by atoms with Crippen molar-refractivity contribution >= 4 is 38.5 Å². The van der Waals surface area contributed by atoms with Gasteiger partial charge in [0.15, 0.2) is 5.03 Å². The van der Waals surface area contributed by atoms with Crippen LogP contribution in [0.4, 0.5) is 14.5 Å². The predicted molar refractivity (Wildman–Crippen MR) is 175 cm³/mol. The Morgan fingerprint density at radius 1 is 0.902 bits per heavy atom. The number of anilines is 1. The molecule has 0 spiro atoms. The normalized spacial score (nSPS) is 12.0. The number of carbonyl (C=O) groups is 2. The second-order valence-electron chi connectivity index (χ2n) is 10.9. The number of pyridine rings is 3. The summed E-state index contributed by atoms with van der Waals surface area (Å²) < 4.78 is 59.8. The Hall–Kier alpha value is -6.76. The Balaban J connectivity index is 1.17. The lowest BCUT2D eigenvalue weighted by molar-refractivity contribution is -0.139. The van der Waals surface area contributed by atoms with Gasteiger partial charge in [0, 0.05) is 61.1 Å². The number of carboxylic acids is 1. The Bertz CT molecular complexity index is 2550. The zero-order valence-electron chi connectivity index (χ0n) is 26.1. The zero-order chi connectivity index (χ0) is 36.4. The molecule has 6 rings (SSSR count). The zero-order valence-corrected chi connectivity index (χ0v) is 26.9. The second-order valence-corrected chi connectivity index (χ2v) is 12.5. The van der Waals surface area contributed by atoms with Crippen molar-refractivity contribution in [1.82, 2.24) is 39.4 Å². The van der Waals surface area contributed by atoms with Gasteiger partial charge in [-0.05, 0) is 36.4 Å². The molecule has 0 aliphatic rings. The van der Waals surface area contributed by atoms with E-state index in [0.717, 1.165) is 10.6 Å². The molecule has 1 aromatic carbocycles. The van der Waals surface area contributed by atoms with E-state index in [0.29, 0.717) is 28.8 Å². The van der Waals surface area contributed by atoms with E-state index in [-0.39, 0.29) is 16.8 Å². The summed E-state index contributed by atoms with van der Waals surface area (Å²) in [5, 5.41) is 11.6. The fourth-order valence-corrected chi connectivity index (χ4v) is 5.98. The maximum Gasteiger partial charge on any atom is 0.335 e. The van der Waals surface area contributed by atoms with Gasteiger partial charge in [-0.3, -0.25) is 28.8 Å². The number of carbonyl (C=O) groups excluding carboxylic acids is 1. The quantitative estimate of drug-likeness (QED) is 0.185. The summed E-state index contributed by atoms with van der Waals surface area (Å²) in [7, 11) is -3.05. The number of hydrogen-bond donors (Lipinski definition) is 3. The first kappa shape index (κ1) is 34.1. The number of aliphatic carboxylic acids is 1. The number of carboxylic acid groups (broad SMARTS) is 1. The van der Waals surface area contributed by atoms with Crippen LogP contribution in [0.25, 0.3) is 27.7 Å². The Kier molecular flexibility index (Phi) is 9.12. The standard InChI is InChI=1S/C32H23F2N9O7S/c1-42-27-15-35-7-6-21(27)30(45)43(32(42)48)20-4-3-19(38-14-20)8-26(31(46)47)40-29(44)22-9-24(34)25(10-23(22)33)41-51(49,50)28-5-2-17(13-39-28)18-11-36-16-37-12-18/h2-7,9-16,26,41H,8H2,1H3,(H,40,44)(H,46,47)/t26-/m0/s1. The minimum atomic E-state index is -4.51. The molecule has 19 heteroatoms. The smallest absolute Gasteiger partial charge is 0.335 e. The summed E-state index contributed by atoms with van der Waals surface area (Å²) in [6.45, 7) is 0. The van der Waals surface area contributed by atoms with Gasteiger partial charge in [0.05, 0.1) is 40.2 Å². The molecule has 1 amide bonds. The fourth-order valence-electron chi connectivity index (χ4n) is 4.99. The van der Waals surface area contributed by atoms with Gasteiger partial charge in [-0.2, -0.15) is 8.42 Å². The lowest BCUT2D eigenvalue weighted by Gasteiger charge is -2.16. The third-order valence-electron chi connectivity index (χ3n) is 7.61. The first-order chi connectivity index (χ1) is 24.3. The van der Waals surface area contributed by atoms with Gasteiger partial charge in [-0.25, -0.2) is 37.9 Å². The van der Waals surface area contributed by atoms with Crippen molar-refractivity contribution in [1.29, 1.82) is 0 Å². The number of sulfonamides is 1. The van der Waals surface area contributed by atoms with Gasteiger partial charge >= 0.3 is 11.7 Å². The van der Waals surface area contributed by atoms with E-state index in [2.05, 4.69) is 30.2 Å². The summed E-state index contributed by atoms with van der Waals surface area (Å²) in [6.07, 6.45) is 9.04. The highest BCUT2D eigenvalue weighted by molar-refractivity contribution is 7.92. The molecule has 0 saturated carbocycles. The Morgan fingerprint density at radius 2 is 1.67 bits per heavy atom. The van der Waals surface area contributed by atoms with E-state index >= 15 is 8.78 Å². The third-order valence-corrected chi connectivity index (χ3v) is 8.89. The molecule has 51 heavy (non-hydrogen) atoms. The molecule has 0 radical (unpaired) electrons. The minimum Gasteiger partial charge on any atom is -0.480 e. The molecule has 16 nitrogen and oxygen atoms in total. The van der Waals surface area contributed by atoms with E-state index in [9.17, 15) is 32.7 Å². The number of nitrogens with zero attached hydrogens (tertiary/aromatic N) is 7. The van der Waals surface area contributed by atoms with Crippen LogP contribution in [0.2, 0.25) is 0 Å². The molecule has 5 aromatic heterocycles. The molecule has 258 valence electrons. The van der Waals surface area contributed by atoms with Gasteiger partial charge < -0.3 is 10.4 Å². The number of benzene rings is 1. The van der Waals surface area contributed by atoms with Crippen molar-refractivity contribution in [3.63, 3.8) is 0 Å². The molecule has 0 saturated heterocycles. The molecule has 3 N–H and O–H groups in total. The number of halogens is 2. The van der Waals surface area contributed by atoms with Crippen LogP contribution in [0.15, 0.2) is 101 Å². The van der Waals surface area contributed by atoms with Gasteiger partial charge in [-0.1, -0.05) is 0 Å². The predicted octanol–water partition coefficient (Wildman–Crippen LogP) is 1.84. The van der Waals surface area contributed by atoms with Crippen LogP contribution in [0, 0.1) is 11.6 Å². The van der Waals surface area contributed by atoms with Gasteiger partial charge in [0.1, 0.15) is 24.0 Å². The largest absolute Gasteiger partial charge is 0.480 e. The monoisotopic (exact) mass is 715 g/mol. The molecular weight excluding hydrogens is 692 g/mol. The molecule has 0 bridgehead atoms. The van der Waals surface area contributed by atoms with Crippen LogP contribution in [-0.4, -0.2) is 65.5 Å². The van der Waals surface area contributed by atoms with Crippen molar-refractivity contribution in [3.05, 3.63) is 130 Å². The average Bonchev–Trinajstić information content (AvgIpc) is 3.12. The highest BCUT2D eigenvalue weighted by Gasteiger charge is 2.26. The summed E-state index contributed by atoms with van der Waals surface area (Å²) in [6, 6.07) is 5.86. The lowest BCUT2D eigenvalue weighted by atomic mass is 10.1. The summed E-state index contributed by atoms with van der Waals surface area (Å²) >= 11 is 0. The maximum atomic E-state index is 15.1. The molecular formula is C32H23F2N9O7S. The third kappa shape index (κ3) is 6.90. The first-order valence-corrected chi connectivity index (χ1v) is 16.1. The van der Waals surface area contributed by atoms with Crippen molar-refractivity contribution in [2.45, 2.75) is 17.5 Å². The van der Waals surface area contributed by atoms with E-state index in [1.54, 1.807) is 0 Å². The number of aromatic nitrogens is 7. The van der Waals surface area contributed by atoms with Gasteiger partial charge in [0.2, 0.25) is 0 Å². The summed E-state index contributed by atoms with van der Waals surface area (Å²) in [5.74, 6) is -5.54. The second kappa shape index (κ2) is 13.6. The van der Waals surface area contributed by atoms with Gasteiger partial charge in [-0.15, -0.1) is 0 Å². The highest BCUT2D eigenvalue weighted by Crippen LogP contribution is 2.24. The van der Waals surface area contributed by atoms with Crippen LogP contribution in [0.5, 0.6) is 0 Å². The van der Waals surface area contributed by atoms with Crippen molar-refractivity contribution in [2.24, 2.45) is 7.05 Å². The van der Waals surface area contributed by atoms with E-state index < -0.39 is 73.5 Å². The molecule has 1 atom stereocenters. The SMILES string of the molecule is Cn1c(=O)n(-c2ccc(C[C@H](NC(=O)c3cc(F)c(NS(=O)(=O)c4ccc(-c5cncnc5)cn4)cc3F)C(=O)O)nc2)c(=O)c2ccncc21. The fraction of sp³-hybridized carbons (Fsp3) is 0.0938. The summed E-state index contributed by atoms with van der Waals surface area (Å²) in [5.41, 5.74) is -1.47. The molecule has 0 aliphatic heterocycles. The minimum absolute atomic E-state index is 0.0855. The number of rotatable bonds is 10. The first-order valence-electron chi connectivity index (χ1n) is 14.6. The average molecular weight is 716 g/mol. The van der Waals surface area contributed by atoms with E-state index in [1.807, 2.05) is 4.72 Å². The van der Waals surface area contributed by atoms with Crippen LogP contribution in [0.1, 0.15) is 16.1 Å².